The fourth-order valence-corrected chi connectivity index (χ4v) is 5.84. The SMILES string of the molecule is C=CC1CC(C2CC(O[Si](C)(C)C(C)(C)C)CN2C(=O)OCCCC)CN1C(=O)OC(C)(C)C. The number of ether oxygens (including phenoxy) is 2. The molecule has 2 amide bonds. The normalized spacial score (nSPS) is 26.0. The Kier molecular flexibility index (Phi) is 9.30. The molecule has 8 heteroatoms. The summed E-state index contributed by atoms with van der Waals surface area (Å²) >= 11 is 0. The molecule has 0 radical (unpaired) electrons. The molecule has 0 saturated carbocycles. The minimum Gasteiger partial charge on any atom is -0.449 e. The molecule has 2 fully saturated rings. The van der Waals surface area contributed by atoms with E-state index >= 15 is 0 Å². The number of hydrogen-bond acceptors (Lipinski definition) is 5. The van der Waals surface area contributed by atoms with Crippen LogP contribution in [0.15, 0.2) is 12.7 Å². The third-order valence-corrected chi connectivity index (χ3v) is 11.9. The molecule has 4 unspecified atom stereocenters. The van der Waals surface area contributed by atoms with E-state index in [1.165, 1.54) is 0 Å². The second kappa shape index (κ2) is 11.0. The maximum absolute atomic E-state index is 13.1. The van der Waals surface area contributed by atoms with Gasteiger partial charge in [-0.05, 0) is 64.1 Å². The average molecular weight is 497 g/mol. The third-order valence-electron chi connectivity index (χ3n) is 7.35. The Labute approximate surface area is 208 Å². The molecule has 2 aliphatic heterocycles. The number of carbonyl (C=O) groups is 2. The van der Waals surface area contributed by atoms with Crippen molar-refractivity contribution < 1.29 is 23.5 Å². The molecule has 2 rings (SSSR count). The fourth-order valence-electron chi connectivity index (χ4n) is 4.48. The van der Waals surface area contributed by atoms with Crippen LogP contribution in [0.5, 0.6) is 0 Å². The number of hydrogen-bond donors (Lipinski definition) is 0. The summed E-state index contributed by atoms with van der Waals surface area (Å²) in [5, 5.41) is 0.0896. The Morgan fingerprint density at radius 2 is 1.68 bits per heavy atom. The van der Waals surface area contributed by atoms with Crippen LogP contribution in [0.1, 0.15) is 74.1 Å². The van der Waals surface area contributed by atoms with E-state index in [4.69, 9.17) is 13.9 Å². The number of unbranched alkanes of at least 4 members (excludes halogenated alkanes) is 1. The number of likely N-dealkylation sites (tertiary alicyclic amines) is 2. The predicted molar refractivity (Wildman–Crippen MR) is 138 cm³/mol. The van der Waals surface area contributed by atoms with E-state index in [1.807, 2.05) is 31.7 Å². The summed E-state index contributed by atoms with van der Waals surface area (Å²) in [6.45, 7) is 24.3. The third kappa shape index (κ3) is 7.23. The van der Waals surface area contributed by atoms with Gasteiger partial charge in [0.1, 0.15) is 5.60 Å². The van der Waals surface area contributed by atoms with Crippen LogP contribution in [0.4, 0.5) is 9.59 Å². The maximum Gasteiger partial charge on any atom is 0.410 e. The van der Waals surface area contributed by atoms with Gasteiger partial charge in [0.15, 0.2) is 8.32 Å². The number of rotatable bonds is 7. The molecule has 34 heavy (non-hydrogen) atoms. The molecular formula is C26H48N2O5Si. The smallest absolute Gasteiger partial charge is 0.410 e. The maximum atomic E-state index is 13.1. The lowest BCUT2D eigenvalue weighted by Crippen LogP contribution is -2.45. The first-order valence-corrected chi connectivity index (χ1v) is 15.7. The molecule has 2 heterocycles. The zero-order valence-electron chi connectivity index (χ0n) is 23.0. The highest BCUT2D eigenvalue weighted by Gasteiger charge is 2.49. The van der Waals surface area contributed by atoms with Gasteiger partial charge < -0.3 is 23.7 Å². The zero-order valence-corrected chi connectivity index (χ0v) is 24.0. The molecule has 4 atom stereocenters. The summed E-state index contributed by atoms with van der Waals surface area (Å²) in [5.74, 6) is 0.113. The van der Waals surface area contributed by atoms with Gasteiger partial charge in [0, 0.05) is 19.1 Å². The summed E-state index contributed by atoms with van der Waals surface area (Å²) < 4.78 is 18.0. The monoisotopic (exact) mass is 496 g/mol. The van der Waals surface area contributed by atoms with Crippen molar-refractivity contribution in [2.45, 2.75) is 116 Å². The first-order valence-electron chi connectivity index (χ1n) is 12.8. The van der Waals surface area contributed by atoms with E-state index < -0.39 is 13.9 Å². The molecule has 7 nitrogen and oxygen atoms in total. The Balaban J connectivity index is 2.21. The van der Waals surface area contributed by atoms with Gasteiger partial charge in [0.2, 0.25) is 0 Å². The van der Waals surface area contributed by atoms with Gasteiger partial charge in [-0.2, -0.15) is 0 Å². The van der Waals surface area contributed by atoms with Crippen LogP contribution in [0, 0.1) is 5.92 Å². The zero-order chi connectivity index (χ0) is 25.9. The van der Waals surface area contributed by atoms with Gasteiger partial charge in [-0.25, -0.2) is 9.59 Å². The predicted octanol–water partition coefficient (Wildman–Crippen LogP) is 6.20. The van der Waals surface area contributed by atoms with Gasteiger partial charge in [-0.15, -0.1) is 6.58 Å². The average Bonchev–Trinajstić information content (AvgIpc) is 3.29. The number of carbonyl (C=O) groups excluding carboxylic acids is 2. The lowest BCUT2D eigenvalue weighted by molar-refractivity contribution is 0.0244. The van der Waals surface area contributed by atoms with Gasteiger partial charge >= 0.3 is 12.2 Å². The van der Waals surface area contributed by atoms with Crippen molar-refractivity contribution in [2.75, 3.05) is 19.7 Å². The van der Waals surface area contributed by atoms with Crippen molar-refractivity contribution in [3.63, 3.8) is 0 Å². The minimum atomic E-state index is -1.99. The second-order valence-electron chi connectivity index (χ2n) is 12.4. The lowest BCUT2D eigenvalue weighted by Gasteiger charge is -2.38. The van der Waals surface area contributed by atoms with Gasteiger partial charge in [-0.1, -0.05) is 40.2 Å². The molecular weight excluding hydrogens is 448 g/mol. The molecule has 0 aromatic heterocycles. The van der Waals surface area contributed by atoms with E-state index in [0.717, 1.165) is 25.7 Å². The van der Waals surface area contributed by atoms with E-state index in [0.29, 0.717) is 19.7 Å². The van der Waals surface area contributed by atoms with Crippen LogP contribution in [0.3, 0.4) is 0 Å². The molecule has 0 aromatic rings. The van der Waals surface area contributed by atoms with Crippen LogP contribution in [0.25, 0.3) is 0 Å². The van der Waals surface area contributed by atoms with Gasteiger partial charge in [-0.3, -0.25) is 0 Å². The van der Waals surface area contributed by atoms with Crippen LogP contribution < -0.4 is 0 Å². The quantitative estimate of drug-likeness (QED) is 0.238. The summed E-state index contributed by atoms with van der Waals surface area (Å²) in [4.78, 5) is 29.6. The van der Waals surface area contributed by atoms with E-state index in [1.54, 1.807) is 4.90 Å². The largest absolute Gasteiger partial charge is 0.449 e. The molecule has 2 saturated heterocycles. The van der Waals surface area contributed by atoms with E-state index in [2.05, 4.69) is 47.4 Å². The molecule has 196 valence electrons. The summed E-state index contributed by atoms with van der Waals surface area (Å²) in [6, 6.07) is -0.156. The highest BCUT2D eigenvalue weighted by Crippen LogP contribution is 2.41. The first kappa shape index (κ1) is 28.7. The topological polar surface area (TPSA) is 68.3 Å². The molecule has 0 N–H and O–H groups in total. The van der Waals surface area contributed by atoms with Crippen molar-refractivity contribution in [3.8, 4) is 0 Å². The standard InChI is InChI=1S/C26H48N2O5Si/c1-11-13-14-31-23(29)28-18-21(33-34(9,10)26(6,7)8)16-22(28)19-15-20(12-2)27(17-19)24(30)32-25(3,4)5/h12,19-22H,2,11,13-18H2,1,3-10H3. The van der Waals surface area contributed by atoms with E-state index in [9.17, 15) is 9.59 Å². The molecule has 0 spiro atoms. The highest BCUT2D eigenvalue weighted by molar-refractivity contribution is 6.74. The summed E-state index contributed by atoms with van der Waals surface area (Å²) in [5.41, 5.74) is -0.564. The van der Waals surface area contributed by atoms with Crippen molar-refractivity contribution >= 4 is 20.5 Å². The van der Waals surface area contributed by atoms with Gasteiger partial charge in [0.05, 0.1) is 18.8 Å². The Morgan fingerprint density at radius 3 is 2.21 bits per heavy atom. The van der Waals surface area contributed by atoms with Crippen LogP contribution in [-0.4, -0.2) is 73.8 Å². The van der Waals surface area contributed by atoms with E-state index in [-0.39, 0.29) is 41.3 Å². The Hall–Kier alpha value is -1.54. The summed E-state index contributed by atoms with van der Waals surface area (Å²) in [6.07, 6.45) is 4.51. The Morgan fingerprint density at radius 1 is 1.03 bits per heavy atom. The van der Waals surface area contributed by atoms with Crippen molar-refractivity contribution in [3.05, 3.63) is 12.7 Å². The minimum absolute atomic E-state index is 0.0256. The van der Waals surface area contributed by atoms with Crippen molar-refractivity contribution in [1.29, 1.82) is 0 Å². The highest BCUT2D eigenvalue weighted by atomic mass is 28.4. The van der Waals surface area contributed by atoms with Crippen LogP contribution >= 0.6 is 0 Å². The van der Waals surface area contributed by atoms with Gasteiger partial charge in [0.25, 0.3) is 0 Å². The van der Waals surface area contributed by atoms with Crippen molar-refractivity contribution in [1.82, 2.24) is 9.80 Å². The molecule has 0 aliphatic carbocycles. The van der Waals surface area contributed by atoms with Crippen LogP contribution in [-0.2, 0) is 13.9 Å². The first-order chi connectivity index (χ1) is 15.6. The number of nitrogens with zero attached hydrogens (tertiary/aromatic N) is 2. The molecule has 0 aromatic carbocycles. The molecule has 0 bridgehead atoms. The summed E-state index contributed by atoms with van der Waals surface area (Å²) in [7, 11) is -1.99. The second-order valence-corrected chi connectivity index (χ2v) is 17.1. The molecule has 2 aliphatic rings. The van der Waals surface area contributed by atoms with Crippen LogP contribution in [0.2, 0.25) is 18.1 Å². The fraction of sp³-hybridized carbons (Fsp3) is 0.846. The number of amides is 2. The van der Waals surface area contributed by atoms with Crippen molar-refractivity contribution in [2.24, 2.45) is 5.92 Å². The lowest BCUT2D eigenvalue weighted by atomic mass is 9.94. The Bertz CT molecular complexity index is 728.